The van der Waals surface area contributed by atoms with Gasteiger partial charge in [0.1, 0.15) is 0 Å². The van der Waals surface area contributed by atoms with Gasteiger partial charge < -0.3 is 5.73 Å². The Bertz CT molecular complexity index is 459. The largest absolute Gasteiger partial charge is 0.399 e. The number of hydrogen-bond donors (Lipinski definition) is 1. The number of hydrogen-bond acceptors (Lipinski definition) is 3. The van der Waals surface area contributed by atoms with Crippen LogP contribution >= 0.6 is 0 Å². The lowest BCUT2D eigenvalue weighted by atomic mass is 10.1. The molecular weight excluding hydrogens is 188 g/mol. The summed E-state index contributed by atoms with van der Waals surface area (Å²) in [5, 5.41) is 7.98. The smallest absolute Gasteiger partial charge is 0.0732 e. The van der Waals surface area contributed by atoms with Gasteiger partial charge in [0.15, 0.2) is 0 Å². The van der Waals surface area contributed by atoms with Crippen LogP contribution in [0.5, 0.6) is 0 Å². The summed E-state index contributed by atoms with van der Waals surface area (Å²) >= 11 is 0. The highest BCUT2D eigenvalue weighted by Gasteiger charge is 2.09. The van der Waals surface area contributed by atoms with Crippen LogP contribution in [0.3, 0.4) is 0 Å². The van der Waals surface area contributed by atoms with Crippen LogP contribution in [0.2, 0.25) is 0 Å². The molecule has 0 fully saturated rings. The minimum atomic E-state index is 0.390. The fourth-order valence-corrected chi connectivity index (χ4v) is 1.49. The normalized spacial score (nSPS) is 10.9. The number of nitrogens with two attached hydrogens (primary N) is 1. The number of benzene rings is 1. The van der Waals surface area contributed by atoms with E-state index in [1.165, 1.54) is 0 Å². The molecule has 1 heterocycles. The Labute approximate surface area is 88.7 Å². The van der Waals surface area contributed by atoms with Crippen molar-refractivity contribution in [2.45, 2.75) is 19.8 Å². The summed E-state index contributed by atoms with van der Waals surface area (Å²) in [5.74, 6) is 0.390. The molecule has 0 amide bonds. The molecule has 0 saturated heterocycles. The number of rotatable bonds is 2. The van der Waals surface area contributed by atoms with E-state index in [0.717, 1.165) is 17.1 Å². The molecule has 15 heavy (non-hydrogen) atoms. The van der Waals surface area contributed by atoms with Crippen LogP contribution in [0, 0.1) is 0 Å². The molecule has 0 unspecified atom stereocenters. The first-order valence-corrected chi connectivity index (χ1v) is 4.95. The molecule has 0 aliphatic heterocycles. The maximum absolute atomic E-state index is 5.73. The van der Waals surface area contributed by atoms with E-state index in [4.69, 9.17) is 5.73 Å². The molecule has 2 aromatic rings. The van der Waals surface area contributed by atoms with E-state index in [0.29, 0.717) is 5.92 Å². The summed E-state index contributed by atoms with van der Waals surface area (Å²) in [5.41, 5.74) is 8.50. The third-order valence-electron chi connectivity index (χ3n) is 2.28. The molecule has 0 bridgehead atoms. The Kier molecular flexibility index (Phi) is 2.41. The maximum atomic E-state index is 5.73. The maximum Gasteiger partial charge on any atom is 0.0732 e. The van der Waals surface area contributed by atoms with Gasteiger partial charge in [0.2, 0.25) is 0 Å². The van der Waals surface area contributed by atoms with E-state index in [1.807, 2.05) is 28.9 Å². The van der Waals surface area contributed by atoms with Gasteiger partial charge in [-0.3, -0.25) is 0 Å². The van der Waals surface area contributed by atoms with Crippen molar-refractivity contribution in [1.29, 1.82) is 0 Å². The summed E-state index contributed by atoms with van der Waals surface area (Å²) in [6.07, 6.45) is 1.79. The molecule has 2 N–H and O–H groups in total. The van der Waals surface area contributed by atoms with E-state index in [-0.39, 0.29) is 0 Å². The van der Waals surface area contributed by atoms with Crippen LogP contribution in [0.4, 0.5) is 5.69 Å². The zero-order valence-corrected chi connectivity index (χ0v) is 8.88. The second-order valence-corrected chi connectivity index (χ2v) is 3.82. The van der Waals surface area contributed by atoms with Crippen molar-refractivity contribution in [3.63, 3.8) is 0 Å². The van der Waals surface area contributed by atoms with Gasteiger partial charge in [0.25, 0.3) is 0 Å². The van der Waals surface area contributed by atoms with Gasteiger partial charge in [-0.05, 0) is 24.1 Å². The van der Waals surface area contributed by atoms with E-state index in [1.54, 1.807) is 6.20 Å². The van der Waals surface area contributed by atoms with Crippen LogP contribution in [-0.4, -0.2) is 15.0 Å². The Morgan fingerprint density at radius 3 is 2.80 bits per heavy atom. The third kappa shape index (κ3) is 1.83. The van der Waals surface area contributed by atoms with E-state index in [2.05, 4.69) is 24.2 Å². The fourth-order valence-electron chi connectivity index (χ4n) is 1.49. The average Bonchev–Trinajstić information content (AvgIpc) is 2.65. The van der Waals surface area contributed by atoms with Crippen LogP contribution in [-0.2, 0) is 0 Å². The lowest BCUT2D eigenvalue weighted by Crippen LogP contribution is -2.04. The minimum Gasteiger partial charge on any atom is -0.399 e. The molecule has 0 spiro atoms. The standard InChI is InChI=1S/C11H14N4/c1-8(2)11-7-13-14-15(11)10-5-3-4-9(12)6-10/h3-8H,12H2,1-2H3. The van der Waals surface area contributed by atoms with Crippen molar-refractivity contribution >= 4 is 5.69 Å². The summed E-state index contributed by atoms with van der Waals surface area (Å²) < 4.78 is 1.82. The molecule has 78 valence electrons. The SMILES string of the molecule is CC(C)c1cnnn1-c1cccc(N)c1. The summed E-state index contributed by atoms with van der Waals surface area (Å²) in [6, 6.07) is 7.63. The number of aromatic nitrogens is 3. The van der Waals surface area contributed by atoms with Crippen LogP contribution in [0.25, 0.3) is 5.69 Å². The monoisotopic (exact) mass is 202 g/mol. The van der Waals surface area contributed by atoms with Gasteiger partial charge >= 0.3 is 0 Å². The predicted molar refractivity (Wildman–Crippen MR) is 59.9 cm³/mol. The highest BCUT2D eigenvalue weighted by atomic mass is 15.4. The van der Waals surface area contributed by atoms with Gasteiger partial charge in [-0.25, -0.2) is 4.68 Å². The molecule has 0 atom stereocenters. The van der Waals surface area contributed by atoms with Gasteiger partial charge in [0, 0.05) is 5.69 Å². The molecule has 0 aliphatic carbocycles. The van der Waals surface area contributed by atoms with E-state index < -0.39 is 0 Å². The summed E-state index contributed by atoms with van der Waals surface area (Å²) in [7, 11) is 0. The van der Waals surface area contributed by atoms with Crippen molar-refractivity contribution in [2.75, 3.05) is 5.73 Å². The van der Waals surface area contributed by atoms with Crippen LogP contribution in [0.15, 0.2) is 30.5 Å². The topological polar surface area (TPSA) is 56.7 Å². The third-order valence-corrected chi connectivity index (χ3v) is 2.28. The molecule has 0 radical (unpaired) electrons. The van der Waals surface area contributed by atoms with Gasteiger partial charge in [-0.1, -0.05) is 25.1 Å². The first-order chi connectivity index (χ1) is 7.18. The van der Waals surface area contributed by atoms with Crippen molar-refractivity contribution in [1.82, 2.24) is 15.0 Å². The summed E-state index contributed by atoms with van der Waals surface area (Å²) in [6.45, 7) is 4.23. The molecule has 0 saturated carbocycles. The van der Waals surface area contributed by atoms with Crippen LogP contribution in [0.1, 0.15) is 25.5 Å². The Hall–Kier alpha value is -1.84. The second kappa shape index (κ2) is 3.73. The van der Waals surface area contributed by atoms with Crippen molar-refractivity contribution < 1.29 is 0 Å². The molecule has 1 aromatic carbocycles. The van der Waals surface area contributed by atoms with E-state index >= 15 is 0 Å². The zero-order valence-electron chi connectivity index (χ0n) is 8.88. The molecular formula is C11H14N4. The first kappa shape index (κ1) is 9.71. The zero-order chi connectivity index (χ0) is 10.8. The molecule has 1 aromatic heterocycles. The highest BCUT2D eigenvalue weighted by molar-refractivity contribution is 5.47. The minimum absolute atomic E-state index is 0.390. The number of nitrogen functional groups attached to an aromatic ring is 1. The molecule has 2 rings (SSSR count). The van der Waals surface area contributed by atoms with Crippen LogP contribution < -0.4 is 5.73 Å². The number of nitrogens with zero attached hydrogens (tertiary/aromatic N) is 3. The average molecular weight is 202 g/mol. The Morgan fingerprint density at radius 1 is 1.33 bits per heavy atom. The van der Waals surface area contributed by atoms with Crippen molar-refractivity contribution in [2.24, 2.45) is 0 Å². The lowest BCUT2D eigenvalue weighted by molar-refractivity contribution is 0.716. The lowest BCUT2D eigenvalue weighted by Gasteiger charge is -2.08. The molecule has 4 heteroatoms. The predicted octanol–water partition coefficient (Wildman–Crippen LogP) is 1.97. The first-order valence-electron chi connectivity index (χ1n) is 4.95. The molecule has 0 aliphatic rings. The fraction of sp³-hybridized carbons (Fsp3) is 0.273. The summed E-state index contributed by atoms with van der Waals surface area (Å²) in [4.78, 5) is 0. The molecule has 4 nitrogen and oxygen atoms in total. The van der Waals surface area contributed by atoms with Crippen molar-refractivity contribution in [3.05, 3.63) is 36.2 Å². The van der Waals surface area contributed by atoms with Gasteiger partial charge in [-0.2, -0.15) is 0 Å². The number of anilines is 1. The van der Waals surface area contributed by atoms with Crippen molar-refractivity contribution in [3.8, 4) is 5.69 Å². The Balaban J connectivity index is 2.49. The Morgan fingerprint density at radius 2 is 2.13 bits per heavy atom. The van der Waals surface area contributed by atoms with E-state index in [9.17, 15) is 0 Å². The quantitative estimate of drug-likeness (QED) is 0.757. The second-order valence-electron chi connectivity index (χ2n) is 3.82. The van der Waals surface area contributed by atoms with Gasteiger partial charge in [0.05, 0.1) is 17.6 Å². The highest BCUT2D eigenvalue weighted by Crippen LogP contribution is 2.18. The van der Waals surface area contributed by atoms with Gasteiger partial charge in [-0.15, -0.1) is 5.10 Å².